The molecule has 0 saturated heterocycles. The van der Waals surface area contributed by atoms with Gasteiger partial charge in [-0.3, -0.25) is 9.59 Å². The molecule has 0 aromatic heterocycles. The molecule has 0 radical (unpaired) electrons. The molecule has 1 amide bonds. The van der Waals surface area contributed by atoms with E-state index in [-0.39, 0.29) is 11.5 Å². The molecule has 0 bridgehead atoms. The second kappa shape index (κ2) is 10.4. The van der Waals surface area contributed by atoms with Crippen molar-refractivity contribution in [3.8, 4) is 11.8 Å². The molecular formula is C22H20N2O5. The van der Waals surface area contributed by atoms with Crippen LogP contribution in [0.4, 0.5) is 0 Å². The number of rotatable bonds is 8. The molecule has 1 N–H and O–H groups in total. The Bertz CT molecular complexity index is 954. The van der Waals surface area contributed by atoms with E-state index >= 15 is 0 Å². The molecule has 2 rings (SSSR count). The van der Waals surface area contributed by atoms with Gasteiger partial charge in [-0.15, -0.1) is 0 Å². The Balaban J connectivity index is 1.95. The number of methoxy groups -OCH3 is 1. The topological polar surface area (TPSA) is 105 Å². The van der Waals surface area contributed by atoms with E-state index < -0.39 is 18.4 Å². The lowest BCUT2D eigenvalue weighted by Gasteiger charge is -2.06. The van der Waals surface area contributed by atoms with Gasteiger partial charge in [-0.1, -0.05) is 36.4 Å². The van der Waals surface area contributed by atoms with Crippen LogP contribution in [0.25, 0.3) is 6.08 Å². The normalized spacial score (nSPS) is 10.6. The number of hydrogen-bond donors (Lipinski definition) is 1. The lowest BCUT2D eigenvalue weighted by atomic mass is 10.1. The zero-order valence-corrected chi connectivity index (χ0v) is 16.1. The van der Waals surface area contributed by atoms with Crippen molar-refractivity contribution < 1.29 is 23.9 Å². The molecule has 0 aliphatic heterocycles. The molecule has 7 heteroatoms. The first-order chi connectivity index (χ1) is 13.9. The number of Topliss-reactive ketones (excluding diaryl/α,β-unsaturated/α-hetero) is 1. The van der Waals surface area contributed by atoms with E-state index in [2.05, 4.69) is 5.32 Å². The number of nitrogens with one attached hydrogen (secondary N) is 1. The van der Waals surface area contributed by atoms with E-state index in [0.717, 1.165) is 5.56 Å². The maximum atomic E-state index is 12.2. The summed E-state index contributed by atoms with van der Waals surface area (Å²) in [5, 5.41) is 11.9. The fraction of sp³-hybridized carbons (Fsp3) is 0.182. The van der Waals surface area contributed by atoms with Crippen molar-refractivity contribution in [1.82, 2.24) is 5.32 Å². The van der Waals surface area contributed by atoms with Crippen molar-refractivity contribution in [2.75, 3.05) is 13.7 Å². The average Bonchev–Trinajstić information content (AvgIpc) is 2.74. The molecule has 7 nitrogen and oxygen atoms in total. The van der Waals surface area contributed by atoms with Crippen molar-refractivity contribution >= 4 is 23.7 Å². The van der Waals surface area contributed by atoms with E-state index in [0.29, 0.717) is 23.4 Å². The predicted molar refractivity (Wildman–Crippen MR) is 106 cm³/mol. The van der Waals surface area contributed by atoms with Gasteiger partial charge in [0, 0.05) is 19.0 Å². The van der Waals surface area contributed by atoms with Crippen molar-refractivity contribution in [3.63, 3.8) is 0 Å². The van der Waals surface area contributed by atoms with Gasteiger partial charge in [-0.25, -0.2) is 4.79 Å². The molecule has 0 atom stereocenters. The molecule has 2 aromatic carbocycles. The number of nitrogens with zero attached hydrogens (tertiary/aromatic N) is 1. The van der Waals surface area contributed by atoms with Gasteiger partial charge in [0.05, 0.1) is 7.11 Å². The van der Waals surface area contributed by atoms with Crippen LogP contribution < -0.4 is 10.1 Å². The summed E-state index contributed by atoms with van der Waals surface area (Å²) in [4.78, 5) is 35.2. The highest BCUT2D eigenvalue weighted by Crippen LogP contribution is 2.14. The molecule has 2 aromatic rings. The Hall–Kier alpha value is -3.92. The third-order valence-corrected chi connectivity index (χ3v) is 3.92. The Morgan fingerprint density at radius 2 is 1.72 bits per heavy atom. The first-order valence-electron chi connectivity index (χ1n) is 8.72. The van der Waals surface area contributed by atoms with Gasteiger partial charge in [-0.2, -0.15) is 5.26 Å². The molecule has 0 spiro atoms. The van der Waals surface area contributed by atoms with Crippen molar-refractivity contribution in [1.29, 1.82) is 5.26 Å². The Morgan fingerprint density at radius 1 is 1.07 bits per heavy atom. The van der Waals surface area contributed by atoms with Crippen molar-refractivity contribution in [2.24, 2.45) is 0 Å². The summed E-state index contributed by atoms with van der Waals surface area (Å²) in [5.41, 5.74) is 1.61. The van der Waals surface area contributed by atoms with Crippen LogP contribution in [0.2, 0.25) is 0 Å². The maximum absolute atomic E-state index is 12.2. The van der Waals surface area contributed by atoms with Crippen LogP contribution >= 0.6 is 0 Å². The van der Waals surface area contributed by atoms with E-state index in [1.54, 1.807) is 54.6 Å². The summed E-state index contributed by atoms with van der Waals surface area (Å²) in [6.45, 7) is 1.30. The molecule has 0 saturated carbocycles. The van der Waals surface area contributed by atoms with E-state index in [4.69, 9.17) is 9.47 Å². The molecule has 148 valence electrons. The molecule has 0 aliphatic rings. The Morgan fingerprint density at radius 3 is 2.28 bits per heavy atom. The summed E-state index contributed by atoms with van der Waals surface area (Å²) >= 11 is 0. The highest BCUT2D eigenvalue weighted by molar-refractivity contribution is 6.01. The highest BCUT2D eigenvalue weighted by atomic mass is 16.5. The summed E-state index contributed by atoms with van der Waals surface area (Å²) in [7, 11) is 1.54. The smallest absolute Gasteiger partial charge is 0.349 e. The first-order valence-corrected chi connectivity index (χ1v) is 8.72. The van der Waals surface area contributed by atoms with Crippen molar-refractivity contribution in [3.05, 3.63) is 70.8 Å². The molecule has 0 heterocycles. The molecule has 0 fully saturated rings. The lowest BCUT2D eigenvalue weighted by Crippen LogP contribution is -2.19. The van der Waals surface area contributed by atoms with Gasteiger partial charge in [0.2, 0.25) is 5.91 Å². The fourth-order valence-electron chi connectivity index (χ4n) is 2.33. The van der Waals surface area contributed by atoms with Gasteiger partial charge in [0.25, 0.3) is 0 Å². The third-order valence-electron chi connectivity index (χ3n) is 3.92. The monoisotopic (exact) mass is 392 g/mol. The highest BCUT2D eigenvalue weighted by Gasteiger charge is 2.14. The van der Waals surface area contributed by atoms with Gasteiger partial charge < -0.3 is 14.8 Å². The van der Waals surface area contributed by atoms with Crippen LogP contribution in [0.3, 0.4) is 0 Å². The summed E-state index contributed by atoms with van der Waals surface area (Å²) in [6, 6.07) is 15.2. The second-order valence-electron chi connectivity index (χ2n) is 6.05. The minimum Gasteiger partial charge on any atom is -0.497 e. The minimum absolute atomic E-state index is 0.145. The van der Waals surface area contributed by atoms with Crippen LogP contribution in [0.5, 0.6) is 5.75 Å². The number of carbonyl (C=O) groups excluding carboxylic acids is 3. The number of ether oxygens (including phenoxy) is 2. The molecule has 0 unspecified atom stereocenters. The number of carbonyl (C=O) groups is 3. The molecular weight excluding hydrogens is 372 g/mol. The number of benzene rings is 2. The lowest BCUT2D eigenvalue weighted by molar-refractivity contribution is -0.137. The third kappa shape index (κ3) is 6.63. The number of hydrogen-bond acceptors (Lipinski definition) is 6. The summed E-state index contributed by atoms with van der Waals surface area (Å²) in [5.74, 6) is -0.768. The average molecular weight is 392 g/mol. The minimum atomic E-state index is -0.876. The van der Waals surface area contributed by atoms with Crippen LogP contribution in [0.15, 0.2) is 54.1 Å². The Kier molecular flexibility index (Phi) is 7.68. The van der Waals surface area contributed by atoms with Gasteiger partial charge in [0.15, 0.2) is 12.4 Å². The largest absolute Gasteiger partial charge is 0.497 e. The summed E-state index contributed by atoms with van der Waals surface area (Å²) < 4.78 is 10.0. The SMILES string of the molecule is COc1ccc(/C=C(\C#N)C(=O)OCC(=O)c2ccc(CNC(C)=O)cc2)cc1. The van der Waals surface area contributed by atoms with Crippen LogP contribution in [0.1, 0.15) is 28.4 Å². The Labute approximate surface area is 168 Å². The standard InChI is InChI=1S/C22H20N2O5/c1-15(25)24-13-17-3-7-18(8-4-17)21(26)14-29-22(27)19(12-23)11-16-5-9-20(28-2)10-6-16/h3-11H,13-14H2,1-2H3,(H,24,25)/b19-11+. The van der Waals surface area contributed by atoms with Gasteiger partial charge in [0.1, 0.15) is 17.4 Å². The zero-order valence-electron chi connectivity index (χ0n) is 16.1. The van der Waals surface area contributed by atoms with Crippen LogP contribution in [-0.4, -0.2) is 31.4 Å². The number of ketones is 1. The van der Waals surface area contributed by atoms with Gasteiger partial charge >= 0.3 is 5.97 Å². The molecule has 0 aliphatic carbocycles. The van der Waals surface area contributed by atoms with Crippen LogP contribution in [0, 0.1) is 11.3 Å². The molecule has 29 heavy (non-hydrogen) atoms. The zero-order chi connectivity index (χ0) is 21.2. The van der Waals surface area contributed by atoms with Gasteiger partial charge in [-0.05, 0) is 29.3 Å². The summed E-state index contributed by atoms with van der Waals surface area (Å²) in [6.07, 6.45) is 1.38. The first kappa shape index (κ1) is 21.4. The fourth-order valence-corrected chi connectivity index (χ4v) is 2.33. The quantitative estimate of drug-likeness (QED) is 0.320. The maximum Gasteiger partial charge on any atom is 0.349 e. The van der Waals surface area contributed by atoms with E-state index in [1.165, 1.54) is 20.1 Å². The van der Waals surface area contributed by atoms with E-state index in [1.807, 2.05) is 0 Å². The number of nitriles is 1. The van der Waals surface area contributed by atoms with Crippen LogP contribution in [-0.2, 0) is 20.9 Å². The van der Waals surface area contributed by atoms with E-state index in [9.17, 15) is 19.6 Å². The second-order valence-corrected chi connectivity index (χ2v) is 6.05. The number of amides is 1. The van der Waals surface area contributed by atoms with Crippen molar-refractivity contribution in [2.45, 2.75) is 13.5 Å². The number of esters is 1. The predicted octanol–water partition coefficient (Wildman–Crippen LogP) is 2.66.